The highest BCUT2D eigenvalue weighted by atomic mass is 16.5. The molecular formula is C25H29N3O3. The summed E-state index contributed by atoms with van der Waals surface area (Å²) in [7, 11) is 0. The van der Waals surface area contributed by atoms with Crippen LogP contribution in [0.4, 0.5) is 5.69 Å². The van der Waals surface area contributed by atoms with Gasteiger partial charge in [-0.3, -0.25) is 9.69 Å². The Hall–Kier alpha value is -3.25. The first-order valence-corrected chi connectivity index (χ1v) is 10.8. The largest absolute Gasteiger partial charge is 0.486 e. The van der Waals surface area contributed by atoms with E-state index in [1.165, 1.54) is 11.3 Å². The van der Waals surface area contributed by atoms with Gasteiger partial charge in [0.1, 0.15) is 18.1 Å². The van der Waals surface area contributed by atoms with Crippen molar-refractivity contribution in [3.63, 3.8) is 0 Å². The lowest BCUT2D eigenvalue weighted by Gasteiger charge is -2.36. The Bertz CT molecular complexity index is 978. The second kappa shape index (κ2) is 10.2. The molecule has 4 rings (SSSR count). The maximum atomic E-state index is 12.4. The van der Waals surface area contributed by atoms with E-state index in [-0.39, 0.29) is 5.91 Å². The van der Waals surface area contributed by atoms with Crippen molar-refractivity contribution in [2.45, 2.75) is 13.5 Å². The number of nitrogens with zero attached hydrogens (tertiary/aromatic N) is 2. The molecule has 0 spiro atoms. The molecule has 0 bridgehead atoms. The third-order valence-electron chi connectivity index (χ3n) is 5.46. The quantitative estimate of drug-likeness (QED) is 0.603. The van der Waals surface area contributed by atoms with Crippen molar-refractivity contribution in [3.8, 4) is 5.75 Å². The third-order valence-corrected chi connectivity index (χ3v) is 5.46. The van der Waals surface area contributed by atoms with E-state index in [9.17, 15) is 4.79 Å². The van der Waals surface area contributed by atoms with E-state index in [1.54, 1.807) is 12.1 Å². The molecule has 31 heavy (non-hydrogen) atoms. The topological polar surface area (TPSA) is 58.0 Å². The summed E-state index contributed by atoms with van der Waals surface area (Å²) in [6.07, 6.45) is 0. The van der Waals surface area contributed by atoms with Gasteiger partial charge in [-0.05, 0) is 48.9 Å². The van der Waals surface area contributed by atoms with Gasteiger partial charge in [-0.15, -0.1) is 0 Å². The highest BCUT2D eigenvalue weighted by molar-refractivity contribution is 5.91. The van der Waals surface area contributed by atoms with Gasteiger partial charge in [-0.25, -0.2) is 0 Å². The molecule has 1 aliphatic heterocycles. The minimum atomic E-state index is -0.190. The molecule has 2 heterocycles. The molecule has 6 nitrogen and oxygen atoms in total. The van der Waals surface area contributed by atoms with E-state index in [0.717, 1.165) is 38.5 Å². The minimum Gasteiger partial charge on any atom is -0.486 e. The molecule has 1 amide bonds. The van der Waals surface area contributed by atoms with Gasteiger partial charge in [-0.1, -0.05) is 30.3 Å². The van der Waals surface area contributed by atoms with Crippen LogP contribution in [0, 0.1) is 6.92 Å². The normalized spacial score (nSPS) is 14.4. The molecule has 1 saturated heterocycles. The molecule has 3 aromatic rings. The highest BCUT2D eigenvalue weighted by Gasteiger charge is 2.18. The van der Waals surface area contributed by atoms with Crippen LogP contribution in [-0.2, 0) is 6.61 Å². The average Bonchev–Trinajstić information content (AvgIpc) is 3.28. The zero-order valence-corrected chi connectivity index (χ0v) is 17.9. The number of benzene rings is 2. The molecule has 1 fully saturated rings. The van der Waals surface area contributed by atoms with Crippen LogP contribution in [0.3, 0.4) is 0 Å². The minimum absolute atomic E-state index is 0.190. The second-order valence-electron chi connectivity index (χ2n) is 7.79. The number of aryl methyl sites for hydroxylation is 1. The first kappa shape index (κ1) is 21.0. The number of furan rings is 1. The number of piperazine rings is 1. The van der Waals surface area contributed by atoms with Crippen LogP contribution in [0.15, 0.2) is 71.1 Å². The number of anilines is 1. The van der Waals surface area contributed by atoms with Gasteiger partial charge >= 0.3 is 0 Å². The van der Waals surface area contributed by atoms with Gasteiger partial charge in [-0.2, -0.15) is 0 Å². The van der Waals surface area contributed by atoms with E-state index < -0.39 is 0 Å². The van der Waals surface area contributed by atoms with Crippen LogP contribution in [0.2, 0.25) is 0 Å². The number of nitrogens with one attached hydrogen (secondary N) is 1. The van der Waals surface area contributed by atoms with Gasteiger partial charge in [0.25, 0.3) is 5.91 Å². The lowest BCUT2D eigenvalue weighted by molar-refractivity contribution is 0.0916. The molecule has 6 heteroatoms. The van der Waals surface area contributed by atoms with Crippen molar-refractivity contribution in [3.05, 3.63) is 83.8 Å². The van der Waals surface area contributed by atoms with E-state index in [2.05, 4.69) is 46.3 Å². The number of rotatable bonds is 8. The maximum absolute atomic E-state index is 12.4. The molecule has 162 valence electrons. The smallest absolute Gasteiger partial charge is 0.287 e. The second-order valence-corrected chi connectivity index (χ2v) is 7.79. The Balaban J connectivity index is 1.17. The maximum Gasteiger partial charge on any atom is 0.287 e. The fourth-order valence-corrected chi connectivity index (χ4v) is 3.72. The zero-order chi connectivity index (χ0) is 21.5. The number of carbonyl (C=O) groups is 1. The van der Waals surface area contributed by atoms with Crippen molar-refractivity contribution in [1.82, 2.24) is 10.2 Å². The van der Waals surface area contributed by atoms with Gasteiger partial charge in [0.15, 0.2) is 5.76 Å². The summed E-state index contributed by atoms with van der Waals surface area (Å²) in [6, 6.07) is 21.7. The van der Waals surface area contributed by atoms with Crippen molar-refractivity contribution in [2.75, 3.05) is 44.2 Å². The van der Waals surface area contributed by atoms with Gasteiger partial charge < -0.3 is 19.4 Å². The Morgan fingerprint density at radius 3 is 2.58 bits per heavy atom. The van der Waals surface area contributed by atoms with Crippen LogP contribution < -0.4 is 15.0 Å². The van der Waals surface area contributed by atoms with Gasteiger partial charge in [0, 0.05) is 45.0 Å². The molecule has 0 unspecified atom stereocenters. The van der Waals surface area contributed by atoms with Gasteiger partial charge in [0.2, 0.25) is 0 Å². The monoisotopic (exact) mass is 419 g/mol. The summed E-state index contributed by atoms with van der Waals surface area (Å²) in [5.74, 6) is 1.52. The summed E-state index contributed by atoms with van der Waals surface area (Å²) >= 11 is 0. The highest BCUT2D eigenvalue weighted by Crippen LogP contribution is 2.18. The van der Waals surface area contributed by atoms with E-state index in [1.807, 2.05) is 30.3 Å². The molecular weight excluding hydrogens is 390 g/mol. The number of hydrogen-bond acceptors (Lipinski definition) is 5. The number of para-hydroxylation sites is 1. The molecule has 1 aliphatic rings. The lowest BCUT2D eigenvalue weighted by atomic mass is 10.2. The first-order chi connectivity index (χ1) is 15.2. The average molecular weight is 420 g/mol. The van der Waals surface area contributed by atoms with Crippen LogP contribution in [0.5, 0.6) is 5.75 Å². The Morgan fingerprint density at radius 2 is 1.81 bits per heavy atom. The molecule has 2 aromatic carbocycles. The molecule has 1 N–H and O–H groups in total. The standard InChI is InChI=1S/C25H29N3O3/c1-20-6-5-7-21(18-20)28-16-14-27(15-17-28)13-12-26-25(29)24-11-10-23(31-24)19-30-22-8-3-2-4-9-22/h2-11,18H,12-17,19H2,1H3,(H,26,29). The summed E-state index contributed by atoms with van der Waals surface area (Å²) in [5, 5.41) is 2.95. The van der Waals surface area contributed by atoms with E-state index in [4.69, 9.17) is 9.15 Å². The fraction of sp³-hybridized carbons (Fsp3) is 0.320. The van der Waals surface area contributed by atoms with Crippen molar-refractivity contribution in [2.24, 2.45) is 0 Å². The predicted octanol–water partition coefficient (Wildman–Crippen LogP) is 3.72. The molecule has 0 aliphatic carbocycles. The molecule has 1 aromatic heterocycles. The van der Waals surface area contributed by atoms with Crippen LogP contribution in [0.1, 0.15) is 21.9 Å². The number of carbonyl (C=O) groups excluding carboxylic acids is 1. The number of ether oxygens (including phenoxy) is 1. The summed E-state index contributed by atoms with van der Waals surface area (Å²) in [5.41, 5.74) is 2.58. The first-order valence-electron chi connectivity index (χ1n) is 10.8. The number of hydrogen-bond donors (Lipinski definition) is 1. The molecule has 0 radical (unpaired) electrons. The lowest BCUT2D eigenvalue weighted by Crippen LogP contribution is -2.48. The number of amides is 1. The van der Waals surface area contributed by atoms with Gasteiger partial charge in [0.05, 0.1) is 0 Å². The van der Waals surface area contributed by atoms with Crippen LogP contribution in [0.25, 0.3) is 0 Å². The Labute approximate surface area is 183 Å². The van der Waals surface area contributed by atoms with Crippen molar-refractivity contribution in [1.29, 1.82) is 0 Å². The van der Waals surface area contributed by atoms with Crippen LogP contribution in [-0.4, -0.2) is 50.1 Å². The van der Waals surface area contributed by atoms with Crippen molar-refractivity contribution >= 4 is 11.6 Å². The van der Waals surface area contributed by atoms with Crippen molar-refractivity contribution < 1.29 is 13.9 Å². The molecule has 0 atom stereocenters. The Kier molecular flexibility index (Phi) is 6.89. The predicted molar refractivity (Wildman–Crippen MR) is 122 cm³/mol. The summed E-state index contributed by atoms with van der Waals surface area (Å²) in [4.78, 5) is 17.2. The zero-order valence-electron chi connectivity index (χ0n) is 17.9. The van der Waals surface area contributed by atoms with Crippen LogP contribution >= 0.6 is 0 Å². The summed E-state index contributed by atoms with van der Waals surface area (Å²) < 4.78 is 11.3. The molecule has 0 saturated carbocycles. The van der Waals surface area contributed by atoms with E-state index >= 15 is 0 Å². The Morgan fingerprint density at radius 1 is 1.00 bits per heavy atom. The fourth-order valence-electron chi connectivity index (χ4n) is 3.72. The van der Waals surface area contributed by atoms with E-state index in [0.29, 0.717) is 24.7 Å². The third kappa shape index (κ3) is 5.89. The summed E-state index contributed by atoms with van der Waals surface area (Å²) in [6.45, 7) is 7.83. The SMILES string of the molecule is Cc1cccc(N2CCN(CCNC(=O)c3ccc(COc4ccccc4)o3)CC2)c1.